The first-order valence-corrected chi connectivity index (χ1v) is 9.80. The van der Waals surface area contributed by atoms with Gasteiger partial charge >= 0.3 is 0 Å². The van der Waals surface area contributed by atoms with E-state index in [1.54, 1.807) is 18.2 Å². The first-order chi connectivity index (χ1) is 12.0. The molecular weight excluding hydrogens is 402 g/mol. The quantitative estimate of drug-likeness (QED) is 0.640. The van der Waals surface area contributed by atoms with Gasteiger partial charge in [-0.1, -0.05) is 48.5 Å². The molecular formula is C19H16BrNO3S. The molecule has 25 heavy (non-hydrogen) atoms. The predicted molar refractivity (Wildman–Crippen MR) is 103 cm³/mol. The second kappa shape index (κ2) is 7.29. The third-order valence-electron chi connectivity index (χ3n) is 3.69. The molecule has 0 unspecified atom stereocenters. The molecule has 6 heteroatoms. The van der Waals surface area contributed by atoms with Crippen LogP contribution in [0.5, 0.6) is 5.75 Å². The van der Waals surface area contributed by atoms with Gasteiger partial charge in [0.05, 0.1) is 22.2 Å². The van der Waals surface area contributed by atoms with Gasteiger partial charge < -0.3 is 4.74 Å². The van der Waals surface area contributed by atoms with Crippen LogP contribution in [0.25, 0.3) is 11.1 Å². The van der Waals surface area contributed by atoms with Crippen LogP contribution in [0.4, 0.5) is 5.69 Å². The zero-order chi connectivity index (χ0) is 17.9. The van der Waals surface area contributed by atoms with Crippen LogP contribution in [0.1, 0.15) is 0 Å². The lowest BCUT2D eigenvalue weighted by molar-refractivity contribution is 0.411. The molecule has 4 nitrogen and oxygen atoms in total. The van der Waals surface area contributed by atoms with Gasteiger partial charge in [-0.2, -0.15) is 0 Å². The van der Waals surface area contributed by atoms with E-state index >= 15 is 0 Å². The van der Waals surface area contributed by atoms with E-state index in [4.69, 9.17) is 4.74 Å². The summed E-state index contributed by atoms with van der Waals surface area (Å²) in [6, 6.07) is 21.6. The minimum absolute atomic E-state index is 0.156. The number of rotatable bonds is 5. The Labute approximate surface area is 155 Å². The van der Waals surface area contributed by atoms with Crippen molar-refractivity contribution in [2.75, 3.05) is 11.8 Å². The summed E-state index contributed by atoms with van der Waals surface area (Å²) in [4.78, 5) is 0.156. The van der Waals surface area contributed by atoms with Gasteiger partial charge in [0.25, 0.3) is 10.0 Å². The smallest absolute Gasteiger partial charge is 0.261 e. The van der Waals surface area contributed by atoms with E-state index in [0.29, 0.717) is 15.9 Å². The minimum atomic E-state index is -3.73. The van der Waals surface area contributed by atoms with Crippen molar-refractivity contribution in [1.82, 2.24) is 0 Å². The average Bonchev–Trinajstić information content (AvgIpc) is 2.62. The van der Waals surface area contributed by atoms with Crippen LogP contribution in [-0.2, 0) is 10.0 Å². The summed E-state index contributed by atoms with van der Waals surface area (Å²) in [5, 5.41) is 0. The third kappa shape index (κ3) is 3.86. The predicted octanol–water partition coefficient (Wildman–Crippen LogP) is 4.93. The molecule has 0 aliphatic heterocycles. The van der Waals surface area contributed by atoms with E-state index < -0.39 is 10.0 Å². The molecule has 0 bridgehead atoms. The first kappa shape index (κ1) is 17.5. The molecule has 0 heterocycles. The van der Waals surface area contributed by atoms with Gasteiger partial charge in [0.1, 0.15) is 5.75 Å². The summed E-state index contributed by atoms with van der Waals surface area (Å²) in [6.45, 7) is 0. The average molecular weight is 418 g/mol. The Morgan fingerprint density at radius 2 is 1.60 bits per heavy atom. The SMILES string of the molecule is COc1ccc(S(=O)(=O)Nc2ccccc2-c2ccccc2)cc1Br. The van der Waals surface area contributed by atoms with E-state index in [1.165, 1.54) is 19.2 Å². The molecule has 0 spiro atoms. The maximum atomic E-state index is 12.8. The summed E-state index contributed by atoms with van der Waals surface area (Å²) in [6.07, 6.45) is 0. The molecule has 0 atom stereocenters. The number of sulfonamides is 1. The Kier molecular flexibility index (Phi) is 5.11. The van der Waals surface area contributed by atoms with Crippen molar-refractivity contribution in [3.63, 3.8) is 0 Å². The van der Waals surface area contributed by atoms with Gasteiger partial charge in [0.15, 0.2) is 0 Å². The molecule has 1 N–H and O–H groups in total. The number of benzene rings is 3. The van der Waals surface area contributed by atoms with Crippen LogP contribution in [-0.4, -0.2) is 15.5 Å². The van der Waals surface area contributed by atoms with Crippen LogP contribution in [0, 0.1) is 0 Å². The standard InChI is InChI=1S/C19H16BrNO3S/c1-24-19-12-11-15(13-17(19)20)25(22,23)21-18-10-6-5-9-16(18)14-7-3-2-4-8-14/h2-13,21H,1H3. The van der Waals surface area contributed by atoms with Crippen molar-refractivity contribution in [2.45, 2.75) is 4.90 Å². The Balaban J connectivity index is 1.98. The lowest BCUT2D eigenvalue weighted by atomic mass is 10.0. The molecule has 0 aromatic heterocycles. The normalized spacial score (nSPS) is 11.1. The maximum Gasteiger partial charge on any atom is 0.261 e. The van der Waals surface area contributed by atoms with Crippen molar-refractivity contribution in [1.29, 1.82) is 0 Å². The fraction of sp³-hybridized carbons (Fsp3) is 0.0526. The van der Waals surface area contributed by atoms with E-state index in [0.717, 1.165) is 11.1 Å². The molecule has 3 aromatic rings. The van der Waals surface area contributed by atoms with Crippen LogP contribution < -0.4 is 9.46 Å². The lowest BCUT2D eigenvalue weighted by Gasteiger charge is -2.13. The number of halogens is 1. The molecule has 0 radical (unpaired) electrons. The second-order valence-corrected chi connectivity index (χ2v) is 7.85. The highest BCUT2D eigenvalue weighted by Gasteiger charge is 2.18. The number of hydrogen-bond donors (Lipinski definition) is 1. The molecule has 0 amide bonds. The summed E-state index contributed by atoms with van der Waals surface area (Å²) in [5.74, 6) is 0.573. The molecule has 3 rings (SSSR count). The Morgan fingerprint density at radius 3 is 2.28 bits per heavy atom. The highest BCUT2D eigenvalue weighted by atomic mass is 79.9. The van der Waals surface area contributed by atoms with Gasteiger partial charge in [-0.3, -0.25) is 4.72 Å². The number of anilines is 1. The second-order valence-electron chi connectivity index (χ2n) is 5.31. The summed E-state index contributed by atoms with van der Waals surface area (Å²) >= 11 is 3.32. The summed E-state index contributed by atoms with van der Waals surface area (Å²) < 4.78 is 33.9. The van der Waals surface area contributed by atoms with Gasteiger partial charge in [-0.15, -0.1) is 0 Å². The number of nitrogens with one attached hydrogen (secondary N) is 1. The van der Waals surface area contributed by atoms with Crippen molar-refractivity contribution in [3.8, 4) is 16.9 Å². The molecule has 0 saturated heterocycles. The molecule has 0 aliphatic carbocycles. The molecule has 0 fully saturated rings. The Bertz CT molecular complexity index is 989. The molecule has 128 valence electrons. The highest BCUT2D eigenvalue weighted by molar-refractivity contribution is 9.10. The first-order valence-electron chi connectivity index (χ1n) is 7.52. The van der Waals surface area contributed by atoms with Crippen LogP contribution in [0.3, 0.4) is 0 Å². The lowest BCUT2D eigenvalue weighted by Crippen LogP contribution is -2.13. The molecule has 0 aliphatic rings. The fourth-order valence-corrected chi connectivity index (χ4v) is 4.26. The highest BCUT2D eigenvalue weighted by Crippen LogP contribution is 2.31. The Morgan fingerprint density at radius 1 is 0.920 bits per heavy atom. The van der Waals surface area contributed by atoms with E-state index in [-0.39, 0.29) is 4.90 Å². The minimum Gasteiger partial charge on any atom is -0.496 e. The number of methoxy groups -OCH3 is 1. The van der Waals surface area contributed by atoms with Crippen molar-refractivity contribution < 1.29 is 13.2 Å². The number of para-hydroxylation sites is 1. The van der Waals surface area contributed by atoms with Crippen molar-refractivity contribution in [3.05, 3.63) is 77.3 Å². The van der Waals surface area contributed by atoms with Gasteiger partial charge in [0, 0.05) is 5.56 Å². The fourth-order valence-electron chi connectivity index (χ4n) is 2.46. The number of hydrogen-bond acceptors (Lipinski definition) is 3. The van der Waals surface area contributed by atoms with E-state index in [9.17, 15) is 8.42 Å². The Hall–Kier alpha value is -2.31. The van der Waals surface area contributed by atoms with Gasteiger partial charge in [-0.05, 0) is 45.8 Å². The van der Waals surface area contributed by atoms with Crippen LogP contribution >= 0.6 is 15.9 Å². The summed E-state index contributed by atoms with van der Waals surface area (Å²) in [7, 11) is -2.20. The largest absolute Gasteiger partial charge is 0.496 e. The van der Waals surface area contributed by atoms with Crippen LogP contribution in [0.15, 0.2) is 82.2 Å². The van der Waals surface area contributed by atoms with Gasteiger partial charge in [-0.25, -0.2) is 8.42 Å². The molecule has 3 aromatic carbocycles. The molecule has 0 saturated carbocycles. The monoisotopic (exact) mass is 417 g/mol. The third-order valence-corrected chi connectivity index (χ3v) is 5.67. The van der Waals surface area contributed by atoms with Crippen molar-refractivity contribution in [2.24, 2.45) is 0 Å². The zero-order valence-corrected chi connectivity index (χ0v) is 15.8. The van der Waals surface area contributed by atoms with E-state index in [1.807, 2.05) is 42.5 Å². The van der Waals surface area contributed by atoms with E-state index in [2.05, 4.69) is 20.7 Å². The van der Waals surface area contributed by atoms with Gasteiger partial charge in [0.2, 0.25) is 0 Å². The topological polar surface area (TPSA) is 55.4 Å². The van der Waals surface area contributed by atoms with Crippen LogP contribution in [0.2, 0.25) is 0 Å². The summed E-state index contributed by atoms with van der Waals surface area (Å²) in [5.41, 5.74) is 2.29. The number of ether oxygens (including phenoxy) is 1. The zero-order valence-electron chi connectivity index (χ0n) is 13.4. The van der Waals surface area contributed by atoms with Crippen molar-refractivity contribution >= 4 is 31.6 Å². The maximum absolute atomic E-state index is 12.8.